The highest BCUT2D eigenvalue weighted by Crippen LogP contribution is 2.36. The third-order valence-corrected chi connectivity index (χ3v) is 4.23. The molecule has 0 saturated heterocycles. The summed E-state index contributed by atoms with van der Waals surface area (Å²) in [5, 5.41) is 3.24. The minimum Gasteiger partial charge on any atom is -0.379 e. The van der Waals surface area contributed by atoms with Crippen molar-refractivity contribution in [2.75, 3.05) is 66.4 Å². The van der Waals surface area contributed by atoms with Crippen molar-refractivity contribution in [1.29, 1.82) is 0 Å². The topological polar surface area (TPSA) is 49.0 Å². The van der Waals surface area contributed by atoms with Crippen LogP contribution in [0, 0.1) is 23.2 Å². The van der Waals surface area contributed by atoms with Gasteiger partial charge in [-0.05, 0) is 43.7 Å². The van der Waals surface area contributed by atoms with Gasteiger partial charge in [0.05, 0.1) is 46.2 Å². The molecule has 5 heteroatoms. The molecule has 27 heavy (non-hydrogen) atoms. The van der Waals surface area contributed by atoms with Gasteiger partial charge in [0.25, 0.3) is 0 Å². The van der Waals surface area contributed by atoms with Gasteiger partial charge in [-0.2, -0.15) is 0 Å². The third kappa shape index (κ3) is 18.5. The van der Waals surface area contributed by atoms with Gasteiger partial charge < -0.3 is 24.3 Å². The lowest BCUT2D eigenvalue weighted by atomic mass is 9.74. The van der Waals surface area contributed by atoms with E-state index in [-0.39, 0.29) is 5.41 Å². The Kier molecular flexibility index (Phi) is 15.9. The van der Waals surface area contributed by atoms with Crippen LogP contribution in [0.3, 0.4) is 0 Å². The van der Waals surface area contributed by atoms with E-state index >= 15 is 0 Å². The number of ether oxygens (including phenoxy) is 4. The molecule has 0 fully saturated rings. The number of hydrogen-bond donors (Lipinski definition) is 1. The van der Waals surface area contributed by atoms with E-state index in [2.05, 4.69) is 38.9 Å². The predicted octanol–water partition coefficient (Wildman–Crippen LogP) is 3.52. The van der Waals surface area contributed by atoms with Crippen molar-refractivity contribution in [3.63, 3.8) is 0 Å². The average Bonchev–Trinajstić information content (AvgIpc) is 2.59. The fourth-order valence-corrected chi connectivity index (χ4v) is 3.18. The Hall–Kier alpha value is -0.640. The molecule has 0 aromatic rings. The lowest BCUT2D eigenvalue weighted by Crippen LogP contribution is -2.30. The summed E-state index contributed by atoms with van der Waals surface area (Å²) in [6, 6.07) is 0. The Morgan fingerprint density at radius 2 is 1.30 bits per heavy atom. The molecule has 0 saturated carbocycles. The summed E-state index contributed by atoms with van der Waals surface area (Å²) in [6.07, 6.45) is 9.16. The van der Waals surface area contributed by atoms with Crippen LogP contribution in [-0.4, -0.2) is 66.4 Å². The zero-order chi connectivity index (χ0) is 20.4. The molecule has 160 valence electrons. The second-order valence-electron chi connectivity index (χ2n) is 8.56. The van der Waals surface area contributed by atoms with Gasteiger partial charge in [0, 0.05) is 13.0 Å². The molecule has 0 aromatic carbocycles. The van der Waals surface area contributed by atoms with Crippen molar-refractivity contribution in [2.45, 2.75) is 53.4 Å². The van der Waals surface area contributed by atoms with Crippen LogP contribution in [0.25, 0.3) is 0 Å². The first-order chi connectivity index (χ1) is 12.8. The molecule has 0 amide bonds. The maximum absolute atomic E-state index is 5.83. The first kappa shape index (κ1) is 26.4. The van der Waals surface area contributed by atoms with Crippen molar-refractivity contribution >= 4 is 0 Å². The Labute approximate surface area is 167 Å². The van der Waals surface area contributed by atoms with Gasteiger partial charge in [-0.15, -0.1) is 12.3 Å². The molecule has 0 aliphatic carbocycles. The molecular weight excluding hydrogens is 342 g/mol. The fourth-order valence-electron chi connectivity index (χ4n) is 3.18. The van der Waals surface area contributed by atoms with Crippen LogP contribution in [-0.2, 0) is 18.9 Å². The number of rotatable bonds is 19. The van der Waals surface area contributed by atoms with Crippen molar-refractivity contribution in [1.82, 2.24) is 5.32 Å². The van der Waals surface area contributed by atoms with E-state index in [1.807, 2.05) is 7.05 Å². The summed E-state index contributed by atoms with van der Waals surface area (Å²) < 4.78 is 22.2. The van der Waals surface area contributed by atoms with Crippen LogP contribution >= 0.6 is 0 Å². The second-order valence-corrected chi connectivity index (χ2v) is 8.56. The molecule has 0 unspecified atom stereocenters. The molecule has 1 N–H and O–H groups in total. The van der Waals surface area contributed by atoms with Crippen molar-refractivity contribution in [3.8, 4) is 12.3 Å². The van der Waals surface area contributed by atoms with E-state index in [0.717, 1.165) is 32.4 Å². The van der Waals surface area contributed by atoms with E-state index in [9.17, 15) is 0 Å². The number of nitrogens with one attached hydrogen (secondary N) is 1. The van der Waals surface area contributed by atoms with Gasteiger partial charge in [0.1, 0.15) is 0 Å². The van der Waals surface area contributed by atoms with Crippen LogP contribution in [0.1, 0.15) is 53.4 Å². The molecule has 0 bridgehead atoms. The Morgan fingerprint density at radius 3 is 1.81 bits per heavy atom. The maximum Gasteiger partial charge on any atom is 0.0701 e. The highest BCUT2D eigenvalue weighted by atomic mass is 16.6. The molecule has 0 heterocycles. The molecule has 0 aliphatic heterocycles. The lowest BCUT2D eigenvalue weighted by molar-refractivity contribution is -0.0187. The highest BCUT2D eigenvalue weighted by molar-refractivity contribution is 4.82. The number of hydrogen-bond acceptors (Lipinski definition) is 5. The number of terminal acetylenes is 1. The summed E-state index contributed by atoms with van der Waals surface area (Å²) in [7, 11) is 2.01. The predicted molar refractivity (Wildman–Crippen MR) is 112 cm³/mol. The van der Waals surface area contributed by atoms with Crippen LogP contribution in [0.2, 0.25) is 0 Å². The zero-order valence-electron chi connectivity index (χ0n) is 18.4. The Bertz CT molecular complexity index is 377. The number of unbranched alkanes of at least 4 members (excludes halogenated alkanes) is 1. The molecule has 5 nitrogen and oxygen atoms in total. The molecule has 0 spiro atoms. The molecular formula is C22H43NO4. The summed E-state index contributed by atoms with van der Waals surface area (Å²) >= 11 is 0. The van der Waals surface area contributed by atoms with Crippen LogP contribution in [0.5, 0.6) is 0 Å². The zero-order valence-corrected chi connectivity index (χ0v) is 18.4. The Balaban J connectivity index is 3.48. The molecule has 0 aromatic heterocycles. The van der Waals surface area contributed by atoms with E-state index < -0.39 is 0 Å². The second kappa shape index (κ2) is 16.3. The van der Waals surface area contributed by atoms with Gasteiger partial charge >= 0.3 is 0 Å². The highest BCUT2D eigenvalue weighted by Gasteiger charge is 2.28. The molecule has 0 aliphatic rings. The summed E-state index contributed by atoms with van der Waals surface area (Å²) in [5.41, 5.74) is 0.481. The maximum atomic E-state index is 5.83. The molecule has 0 radical (unpaired) electrons. The van der Waals surface area contributed by atoms with Crippen LogP contribution < -0.4 is 5.32 Å². The molecule has 0 rings (SSSR count). The Morgan fingerprint density at radius 1 is 0.778 bits per heavy atom. The van der Waals surface area contributed by atoms with E-state index in [1.54, 1.807) is 0 Å². The fraction of sp³-hybridized carbons (Fsp3) is 0.909. The normalized spacial score (nSPS) is 12.3. The molecule has 0 atom stereocenters. The first-order valence-electron chi connectivity index (χ1n) is 10.2. The lowest BCUT2D eigenvalue weighted by Gasteiger charge is -2.35. The van der Waals surface area contributed by atoms with Gasteiger partial charge in [-0.3, -0.25) is 0 Å². The van der Waals surface area contributed by atoms with Crippen molar-refractivity contribution < 1.29 is 18.9 Å². The van der Waals surface area contributed by atoms with E-state index in [4.69, 9.17) is 25.4 Å². The van der Waals surface area contributed by atoms with Crippen LogP contribution in [0.4, 0.5) is 0 Å². The first-order valence-corrected chi connectivity index (χ1v) is 10.2. The van der Waals surface area contributed by atoms with E-state index in [1.165, 1.54) is 6.42 Å². The minimum atomic E-state index is 0.167. The van der Waals surface area contributed by atoms with Crippen LogP contribution in [0.15, 0.2) is 0 Å². The van der Waals surface area contributed by atoms with E-state index in [0.29, 0.717) is 51.7 Å². The van der Waals surface area contributed by atoms with Gasteiger partial charge in [-0.1, -0.05) is 27.7 Å². The largest absolute Gasteiger partial charge is 0.379 e. The van der Waals surface area contributed by atoms with Gasteiger partial charge in [-0.25, -0.2) is 0 Å². The monoisotopic (exact) mass is 385 g/mol. The standard InChI is InChI=1S/C22H43NO4/c1-7-8-9-12-24-13-14-25-15-16-26-17-18-27-20-22(4,5)19-21(2,3)10-11-23-6/h1,23H,8-20H2,2-6H3. The van der Waals surface area contributed by atoms with Gasteiger partial charge in [0.15, 0.2) is 0 Å². The summed E-state index contributed by atoms with van der Waals surface area (Å²) in [6.45, 7) is 15.3. The SMILES string of the molecule is C#CCCCOCCOCCOCCOCC(C)(C)CC(C)(C)CCNC. The summed E-state index contributed by atoms with van der Waals surface area (Å²) in [4.78, 5) is 0. The summed E-state index contributed by atoms with van der Waals surface area (Å²) in [5.74, 6) is 2.59. The minimum absolute atomic E-state index is 0.167. The van der Waals surface area contributed by atoms with Crippen molar-refractivity contribution in [2.24, 2.45) is 10.8 Å². The van der Waals surface area contributed by atoms with Crippen molar-refractivity contribution in [3.05, 3.63) is 0 Å². The third-order valence-electron chi connectivity index (χ3n) is 4.23. The quantitative estimate of drug-likeness (QED) is 0.272. The smallest absolute Gasteiger partial charge is 0.0701 e. The van der Waals surface area contributed by atoms with Gasteiger partial charge in [0.2, 0.25) is 0 Å². The average molecular weight is 386 g/mol.